The van der Waals surface area contributed by atoms with Crippen LogP contribution in [0, 0.1) is 23.7 Å². The fraction of sp³-hybridized carbons (Fsp3) is 0.682. The van der Waals surface area contributed by atoms with Crippen molar-refractivity contribution < 1.29 is 18.2 Å². The molecule has 1 heterocycles. The Labute approximate surface area is 171 Å². The van der Waals surface area contributed by atoms with Crippen molar-refractivity contribution in [2.45, 2.75) is 63.9 Å². The van der Waals surface area contributed by atoms with Gasteiger partial charge in [0.1, 0.15) is 18.5 Å². The quantitative estimate of drug-likeness (QED) is 0.399. The molecule has 0 spiro atoms. The number of hydrogen-bond donors (Lipinski definition) is 0. The molecule has 0 aliphatic heterocycles. The number of ether oxygens (including phenoxy) is 2. The predicted octanol–water partition coefficient (Wildman–Crippen LogP) is 5.84. The van der Waals surface area contributed by atoms with Crippen molar-refractivity contribution >= 4 is 11.9 Å². The topological polar surface area (TPSA) is 40.6 Å². The molecular weight excluding hydrogens is 381 g/mol. The van der Waals surface area contributed by atoms with Crippen LogP contribution in [0.4, 0.5) is 4.39 Å². The molecule has 1 atom stereocenters. The van der Waals surface area contributed by atoms with E-state index in [1.165, 1.54) is 56.6 Å². The maximum atomic E-state index is 13.6. The molecule has 0 amide bonds. The molecule has 1 unspecified atom stereocenters. The summed E-state index contributed by atoms with van der Waals surface area (Å²) in [6.07, 6.45) is 14.0. The van der Waals surface area contributed by atoms with E-state index in [1.807, 2.05) is 0 Å². The fourth-order valence-electron chi connectivity index (χ4n) is 4.46. The lowest BCUT2D eigenvalue weighted by Gasteiger charge is -2.35. The Morgan fingerprint density at radius 1 is 1.04 bits per heavy atom. The lowest BCUT2D eigenvalue weighted by atomic mass is 9.73. The molecule has 154 valence electrons. The third-order valence-electron chi connectivity index (χ3n) is 6.47. The van der Waals surface area contributed by atoms with Gasteiger partial charge in [-0.05, 0) is 87.2 Å². The van der Waals surface area contributed by atoms with Crippen molar-refractivity contribution in [1.29, 1.82) is 0 Å². The highest BCUT2D eigenvalue weighted by molar-refractivity contribution is 6.09. The van der Waals surface area contributed by atoms with Crippen LogP contribution in [0.2, 0.25) is 0 Å². The van der Waals surface area contributed by atoms with E-state index in [-0.39, 0.29) is 11.6 Å². The van der Waals surface area contributed by atoms with Crippen LogP contribution in [0.5, 0.6) is 11.6 Å². The maximum Gasteiger partial charge on any atom is 0.260 e. The Kier molecular flexibility index (Phi) is 6.73. The van der Waals surface area contributed by atoms with Crippen LogP contribution in [0.15, 0.2) is 23.8 Å². The second kappa shape index (κ2) is 9.45. The Balaban J connectivity index is 1.18. The average molecular weight is 410 g/mol. The normalized spacial score (nSPS) is 27.9. The van der Waals surface area contributed by atoms with E-state index < -0.39 is 5.95 Å². The molecule has 0 bridgehead atoms. The van der Waals surface area contributed by atoms with Gasteiger partial charge in [-0.25, -0.2) is 0 Å². The Hall–Kier alpha value is -1.33. The van der Waals surface area contributed by atoms with Gasteiger partial charge in [0.05, 0.1) is 6.10 Å². The van der Waals surface area contributed by atoms with Crippen LogP contribution in [-0.2, 0) is 4.74 Å². The van der Waals surface area contributed by atoms with Crippen LogP contribution in [0.25, 0.3) is 0 Å². The van der Waals surface area contributed by atoms with Gasteiger partial charge in [-0.3, -0.25) is 0 Å². The molecule has 0 aromatic carbocycles. The molecule has 2 fully saturated rings. The molecule has 28 heavy (non-hydrogen) atoms. The van der Waals surface area contributed by atoms with Crippen LogP contribution >= 0.6 is 11.9 Å². The van der Waals surface area contributed by atoms with Crippen molar-refractivity contribution in [3.8, 4) is 11.6 Å². The summed E-state index contributed by atoms with van der Waals surface area (Å²) in [7, 11) is 0. The first kappa shape index (κ1) is 20.0. The molecule has 6 heteroatoms. The van der Waals surface area contributed by atoms with Gasteiger partial charge in [0.2, 0.25) is 11.6 Å². The summed E-state index contributed by atoms with van der Waals surface area (Å²) in [5, 5.41) is 0. The van der Waals surface area contributed by atoms with Crippen molar-refractivity contribution in [3.05, 3.63) is 29.7 Å². The van der Waals surface area contributed by atoms with Crippen LogP contribution in [0.3, 0.4) is 0 Å². The highest BCUT2D eigenvalue weighted by Crippen LogP contribution is 2.39. The second-order valence-electron chi connectivity index (χ2n) is 8.51. The van der Waals surface area contributed by atoms with Crippen LogP contribution in [0.1, 0.15) is 57.8 Å². The number of allylic oxidation sites excluding steroid dienone is 1. The summed E-state index contributed by atoms with van der Waals surface area (Å²) in [6.45, 7) is 1.45. The van der Waals surface area contributed by atoms with Gasteiger partial charge in [0.25, 0.3) is 5.95 Å². The van der Waals surface area contributed by atoms with Crippen molar-refractivity contribution in [2.24, 2.45) is 17.8 Å². The lowest BCUT2D eigenvalue weighted by Crippen LogP contribution is -2.27. The van der Waals surface area contributed by atoms with Crippen LogP contribution < -0.4 is 9.03 Å². The van der Waals surface area contributed by atoms with Gasteiger partial charge in [-0.15, -0.1) is 0 Å². The molecule has 1 aromatic heterocycles. The number of halogens is 2. The summed E-state index contributed by atoms with van der Waals surface area (Å²) in [4.78, 5) is 3.72. The standard InChI is InChI=1S/C22H29ClFNO3/c23-28-20-11-12-21(25-22(20)24)27-14-16-3-5-17(6-4-16)18-7-9-19(10-8-18)26-13-15-1-2-15/h3,11-12,15,17-19H,1-2,4-10,13-14H2. The first-order chi connectivity index (χ1) is 13.7. The third kappa shape index (κ3) is 5.38. The van der Waals surface area contributed by atoms with Gasteiger partial charge in [0, 0.05) is 12.7 Å². The number of pyridine rings is 1. The number of hydrogen-bond acceptors (Lipinski definition) is 4. The summed E-state index contributed by atoms with van der Waals surface area (Å²) in [5.74, 6) is 1.87. The largest absolute Gasteiger partial charge is 0.473 e. The maximum absolute atomic E-state index is 13.6. The molecule has 3 aliphatic carbocycles. The minimum absolute atomic E-state index is 0.0959. The lowest BCUT2D eigenvalue weighted by molar-refractivity contribution is 0.00504. The van der Waals surface area contributed by atoms with Gasteiger partial charge < -0.3 is 13.8 Å². The number of aromatic nitrogens is 1. The SMILES string of the molecule is Fc1nc(OCC2=CCC(C3CCC(OCC4CC4)CC3)CC2)ccc1OCl. The molecule has 4 rings (SSSR count). The van der Waals surface area contributed by atoms with E-state index in [1.54, 1.807) is 6.07 Å². The molecule has 0 radical (unpaired) electrons. The molecule has 4 nitrogen and oxygen atoms in total. The van der Waals surface area contributed by atoms with Crippen molar-refractivity contribution in [2.75, 3.05) is 13.2 Å². The van der Waals surface area contributed by atoms with Gasteiger partial charge in [0.15, 0.2) is 0 Å². The Morgan fingerprint density at radius 3 is 2.50 bits per heavy atom. The zero-order chi connectivity index (χ0) is 19.3. The van der Waals surface area contributed by atoms with E-state index in [0.717, 1.165) is 37.2 Å². The minimum Gasteiger partial charge on any atom is -0.473 e. The molecule has 3 aliphatic rings. The van der Waals surface area contributed by atoms with E-state index >= 15 is 0 Å². The smallest absolute Gasteiger partial charge is 0.260 e. The molecular formula is C22H29ClFNO3. The highest BCUT2D eigenvalue weighted by Gasteiger charge is 2.30. The Morgan fingerprint density at radius 2 is 1.86 bits per heavy atom. The van der Waals surface area contributed by atoms with E-state index in [9.17, 15) is 4.39 Å². The fourth-order valence-corrected chi connectivity index (χ4v) is 4.58. The van der Waals surface area contributed by atoms with Gasteiger partial charge >= 0.3 is 0 Å². The molecule has 2 saturated carbocycles. The van der Waals surface area contributed by atoms with Crippen LogP contribution in [-0.4, -0.2) is 24.3 Å². The second-order valence-corrected chi connectivity index (χ2v) is 8.67. The average Bonchev–Trinajstić information content (AvgIpc) is 3.56. The highest BCUT2D eigenvalue weighted by atomic mass is 35.5. The molecule has 0 N–H and O–H groups in total. The van der Waals surface area contributed by atoms with E-state index in [2.05, 4.69) is 15.3 Å². The molecule has 1 aromatic rings. The number of nitrogens with zero attached hydrogens (tertiary/aromatic N) is 1. The summed E-state index contributed by atoms with van der Waals surface area (Å²) in [6, 6.07) is 2.98. The minimum atomic E-state index is -0.762. The molecule has 0 saturated heterocycles. The Bertz CT molecular complexity index is 686. The summed E-state index contributed by atoms with van der Waals surface area (Å²) < 4.78 is 29.6. The zero-order valence-electron chi connectivity index (χ0n) is 16.2. The first-order valence-electron chi connectivity index (χ1n) is 10.6. The predicted molar refractivity (Wildman–Crippen MR) is 106 cm³/mol. The van der Waals surface area contributed by atoms with E-state index in [4.69, 9.17) is 21.3 Å². The van der Waals surface area contributed by atoms with Gasteiger partial charge in [-0.2, -0.15) is 9.37 Å². The van der Waals surface area contributed by atoms with Crippen molar-refractivity contribution in [1.82, 2.24) is 4.98 Å². The zero-order valence-corrected chi connectivity index (χ0v) is 17.0. The van der Waals surface area contributed by atoms with E-state index in [0.29, 0.717) is 12.7 Å². The number of rotatable bonds is 8. The summed E-state index contributed by atoms with van der Waals surface area (Å²) >= 11 is 5.16. The first-order valence-corrected chi connectivity index (χ1v) is 10.9. The summed E-state index contributed by atoms with van der Waals surface area (Å²) in [5.41, 5.74) is 1.28. The van der Waals surface area contributed by atoms with Gasteiger partial charge in [-0.1, -0.05) is 6.08 Å². The third-order valence-corrected chi connectivity index (χ3v) is 6.64. The van der Waals surface area contributed by atoms with Crippen molar-refractivity contribution in [3.63, 3.8) is 0 Å². The monoisotopic (exact) mass is 409 g/mol.